The number of aryl methyl sites for hydroxylation is 1. The van der Waals surface area contributed by atoms with E-state index in [0.29, 0.717) is 5.75 Å². The number of rotatable bonds is 4. The monoisotopic (exact) mass is 476 g/mol. The largest absolute Gasteiger partial charge is 0.507 e. The van der Waals surface area contributed by atoms with Gasteiger partial charge in [0.25, 0.3) is 0 Å². The molecule has 0 saturated carbocycles. The van der Waals surface area contributed by atoms with Crippen LogP contribution < -0.4 is 9.30 Å². The van der Waals surface area contributed by atoms with Crippen molar-refractivity contribution in [3.8, 4) is 11.5 Å². The maximum Gasteiger partial charge on any atom is 0.224 e. The predicted octanol–water partition coefficient (Wildman–Crippen LogP) is 5.78. The summed E-state index contributed by atoms with van der Waals surface area (Å²) in [6.07, 6.45) is 10.8. The number of ether oxygens (including phenoxy) is 1. The highest BCUT2D eigenvalue weighted by molar-refractivity contribution is 6.12. The number of hydrogen-bond acceptors (Lipinski definition) is 2. The molecule has 0 spiro atoms. The number of hydrogen-bond donors (Lipinski definition) is 1. The van der Waals surface area contributed by atoms with E-state index in [0.717, 1.165) is 50.6 Å². The van der Waals surface area contributed by atoms with Crippen molar-refractivity contribution in [3.63, 3.8) is 0 Å². The van der Waals surface area contributed by atoms with Crippen molar-refractivity contribution in [3.05, 3.63) is 119 Å². The second-order valence-corrected chi connectivity index (χ2v) is 9.54. The molecule has 3 aromatic rings. The Bertz CT molecular complexity index is 1480. The third kappa shape index (κ3) is 4.09. The van der Waals surface area contributed by atoms with E-state index in [9.17, 15) is 5.11 Å². The molecule has 2 aliphatic rings. The number of phenols is 1. The van der Waals surface area contributed by atoms with Crippen molar-refractivity contribution in [2.24, 2.45) is 0 Å². The van der Waals surface area contributed by atoms with Gasteiger partial charge in [-0.3, -0.25) is 0 Å². The lowest BCUT2D eigenvalue weighted by Gasteiger charge is -2.15. The SMILES string of the molecule is COc1ccc(C(=C2C=CC(=[N+](C)C)C=C2)C2=C(c3cc(C)ccc3O)C(C)c3cccc[n+]32)cc1. The van der Waals surface area contributed by atoms with Crippen LogP contribution in [0, 0.1) is 6.92 Å². The van der Waals surface area contributed by atoms with Crippen LogP contribution in [0.3, 0.4) is 0 Å². The first-order valence-electron chi connectivity index (χ1n) is 12.2. The molecule has 1 aliphatic carbocycles. The summed E-state index contributed by atoms with van der Waals surface area (Å²) in [6.45, 7) is 4.29. The Hall–Kier alpha value is -4.18. The molecule has 1 aliphatic heterocycles. The number of benzene rings is 2. The van der Waals surface area contributed by atoms with E-state index in [1.165, 1.54) is 5.69 Å². The van der Waals surface area contributed by atoms with Crippen LogP contribution >= 0.6 is 0 Å². The van der Waals surface area contributed by atoms with Crippen LogP contribution in [-0.2, 0) is 0 Å². The molecular formula is C32H32N2O2+2. The predicted molar refractivity (Wildman–Crippen MR) is 146 cm³/mol. The van der Waals surface area contributed by atoms with Gasteiger partial charge < -0.3 is 9.84 Å². The first kappa shape index (κ1) is 23.6. The van der Waals surface area contributed by atoms with Crippen LogP contribution in [0.5, 0.6) is 11.5 Å². The fourth-order valence-electron chi connectivity index (χ4n) is 5.10. The van der Waals surface area contributed by atoms with Gasteiger partial charge in [-0.15, -0.1) is 0 Å². The summed E-state index contributed by atoms with van der Waals surface area (Å²) in [4.78, 5) is 0. The summed E-state index contributed by atoms with van der Waals surface area (Å²) < 4.78 is 9.83. The normalized spacial score (nSPS) is 16.4. The van der Waals surface area contributed by atoms with Crippen molar-refractivity contribution in [1.82, 2.24) is 0 Å². The highest BCUT2D eigenvalue weighted by atomic mass is 16.5. The summed E-state index contributed by atoms with van der Waals surface area (Å²) in [5, 5.41) is 11.0. The second-order valence-electron chi connectivity index (χ2n) is 9.54. The highest BCUT2D eigenvalue weighted by Gasteiger charge is 2.41. The molecule has 0 fully saturated rings. The molecule has 2 aromatic carbocycles. The van der Waals surface area contributed by atoms with Gasteiger partial charge >= 0.3 is 0 Å². The molecule has 4 nitrogen and oxygen atoms in total. The van der Waals surface area contributed by atoms with Crippen molar-refractivity contribution in [2.75, 3.05) is 21.2 Å². The molecule has 0 amide bonds. The summed E-state index contributed by atoms with van der Waals surface area (Å²) in [6, 6.07) is 20.4. The zero-order valence-corrected chi connectivity index (χ0v) is 21.5. The van der Waals surface area contributed by atoms with Gasteiger partial charge in [0.05, 0.1) is 18.6 Å². The van der Waals surface area contributed by atoms with E-state index < -0.39 is 0 Å². The molecule has 0 radical (unpaired) electrons. The number of phenolic OH excluding ortho intramolecular Hbond substituents is 1. The molecule has 180 valence electrons. The minimum atomic E-state index is 0.100. The molecule has 1 unspecified atom stereocenters. The zero-order chi connectivity index (χ0) is 25.4. The number of allylic oxidation sites excluding steroid dienone is 8. The molecule has 1 atom stereocenters. The first-order chi connectivity index (χ1) is 17.4. The quantitative estimate of drug-likeness (QED) is 0.485. The summed E-state index contributed by atoms with van der Waals surface area (Å²) >= 11 is 0. The third-order valence-electron chi connectivity index (χ3n) is 6.99. The Balaban J connectivity index is 1.87. The highest BCUT2D eigenvalue weighted by Crippen LogP contribution is 2.47. The number of pyridine rings is 1. The molecular weight excluding hydrogens is 444 g/mol. The fraction of sp³-hybridized carbons (Fsp3) is 0.188. The first-order valence-corrected chi connectivity index (χ1v) is 12.2. The lowest BCUT2D eigenvalue weighted by molar-refractivity contribution is -0.581. The van der Waals surface area contributed by atoms with Crippen molar-refractivity contribution >= 4 is 22.6 Å². The van der Waals surface area contributed by atoms with E-state index in [4.69, 9.17) is 4.74 Å². The van der Waals surface area contributed by atoms with Crippen LogP contribution in [0.15, 0.2) is 96.7 Å². The second kappa shape index (κ2) is 9.46. The maximum atomic E-state index is 11.0. The van der Waals surface area contributed by atoms with E-state index in [-0.39, 0.29) is 5.92 Å². The van der Waals surface area contributed by atoms with E-state index in [1.54, 1.807) is 13.2 Å². The number of methoxy groups -OCH3 is 1. The number of aromatic hydroxyl groups is 1. The Labute approximate surface area is 213 Å². The molecule has 2 heterocycles. The van der Waals surface area contributed by atoms with Gasteiger partial charge in [0, 0.05) is 35.4 Å². The van der Waals surface area contributed by atoms with Crippen LogP contribution in [0.2, 0.25) is 0 Å². The Morgan fingerprint density at radius 2 is 1.67 bits per heavy atom. The fourth-order valence-corrected chi connectivity index (χ4v) is 5.10. The smallest absolute Gasteiger partial charge is 0.224 e. The Morgan fingerprint density at radius 1 is 0.944 bits per heavy atom. The van der Waals surface area contributed by atoms with Gasteiger partial charge in [0.2, 0.25) is 5.70 Å². The van der Waals surface area contributed by atoms with Gasteiger partial charge in [-0.2, -0.15) is 4.57 Å². The molecule has 1 aromatic heterocycles. The Morgan fingerprint density at radius 3 is 2.33 bits per heavy atom. The van der Waals surface area contributed by atoms with Crippen molar-refractivity contribution < 1.29 is 19.0 Å². The van der Waals surface area contributed by atoms with Gasteiger partial charge in [-0.1, -0.05) is 29.8 Å². The third-order valence-corrected chi connectivity index (χ3v) is 6.99. The zero-order valence-electron chi connectivity index (χ0n) is 21.5. The van der Waals surface area contributed by atoms with Crippen molar-refractivity contribution in [1.29, 1.82) is 0 Å². The van der Waals surface area contributed by atoms with E-state index in [2.05, 4.69) is 104 Å². The number of fused-ring (bicyclic) bond motifs is 1. The van der Waals surface area contributed by atoms with Crippen molar-refractivity contribution in [2.45, 2.75) is 19.8 Å². The van der Waals surface area contributed by atoms with Crippen LogP contribution in [0.1, 0.15) is 35.2 Å². The molecule has 36 heavy (non-hydrogen) atoms. The van der Waals surface area contributed by atoms with Gasteiger partial charge in [0.1, 0.15) is 25.6 Å². The maximum absolute atomic E-state index is 11.0. The standard InChI is InChI=1S/C32H31N2O2/c1-21-9-18-29(35)27(20-21)30-22(2)28-8-6-7-19-34(28)32(30)31(24-12-16-26(36-5)17-13-24)23-10-14-25(15-11-23)33(3)4/h6-20,22H,1-5H3/q+1/p+1. The summed E-state index contributed by atoms with van der Waals surface area (Å²) in [5.74, 6) is 1.22. The van der Waals surface area contributed by atoms with Crippen LogP contribution in [0.25, 0.3) is 16.8 Å². The van der Waals surface area contributed by atoms with Crippen LogP contribution in [-0.4, -0.2) is 36.6 Å². The topological polar surface area (TPSA) is 36.4 Å². The summed E-state index contributed by atoms with van der Waals surface area (Å²) in [7, 11) is 5.79. The average molecular weight is 477 g/mol. The minimum Gasteiger partial charge on any atom is -0.507 e. The van der Waals surface area contributed by atoms with Gasteiger partial charge in [-0.05, 0) is 61.4 Å². The molecule has 1 N–H and O–H groups in total. The summed E-state index contributed by atoms with van der Waals surface area (Å²) in [5.41, 5.74) is 9.84. The van der Waals surface area contributed by atoms with Gasteiger partial charge in [0.15, 0.2) is 17.6 Å². The number of nitrogens with zero attached hydrogens (tertiary/aromatic N) is 2. The molecule has 0 saturated heterocycles. The lowest BCUT2D eigenvalue weighted by atomic mass is 9.86. The Kier molecular flexibility index (Phi) is 6.19. The van der Waals surface area contributed by atoms with E-state index in [1.807, 2.05) is 18.2 Å². The van der Waals surface area contributed by atoms with E-state index >= 15 is 0 Å². The molecule has 5 rings (SSSR count). The molecule has 4 heteroatoms. The molecule has 0 bridgehead atoms. The van der Waals surface area contributed by atoms with Crippen LogP contribution in [0.4, 0.5) is 0 Å². The minimum absolute atomic E-state index is 0.100. The van der Waals surface area contributed by atoms with Gasteiger partial charge in [-0.25, -0.2) is 4.58 Å². The lowest BCUT2D eigenvalue weighted by Crippen LogP contribution is -2.34. The number of aromatic nitrogens is 1. The average Bonchev–Trinajstić information content (AvgIpc) is 3.18.